The molecule has 1 saturated carbocycles. The molecular formula is C10H22N2O. The molecule has 0 bridgehead atoms. The van der Waals surface area contributed by atoms with Gasteiger partial charge in [0.15, 0.2) is 0 Å². The number of aliphatic hydroxyl groups excluding tert-OH is 1. The zero-order valence-corrected chi connectivity index (χ0v) is 8.71. The fourth-order valence-electron chi connectivity index (χ4n) is 2.07. The first kappa shape index (κ1) is 11.0. The average Bonchev–Trinajstić information content (AvgIpc) is 2.09. The van der Waals surface area contributed by atoms with Gasteiger partial charge >= 0.3 is 0 Å². The molecule has 0 aromatic carbocycles. The first-order valence-corrected chi connectivity index (χ1v) is 5.29. The topological polar surface area (TPSA) is 58.3 Å². The lowest BCUT2D eigenvalue weighted by Crippen LogP contribution is -2.54. The van der Waals surface area contributed by atoms with Crippen molar-refractivity contribution in [1.82, 2.24) is 5.32 Å². The first-order chi connectivity index (χ1) is 6.08. The van der Waals surface area contributed by atoms with Crippen LogP contribution in [0.2, 0.25) is 0 Å². The number of nitrogens with two attached hydrogens (primary N) is 1. The molecular weight excluding hydrogens is 164 g/mol. The number of hydrogen-bond acceptors (Lipinski definition) is 3. The molecule has 1 atom stereocenters. The van der Waals surface area contributed by atoms with Crippen molar-refractivity contribution in [3.05, 3.63) is 0 Å². The Morgan fingerprint density at radius 2 is 2.08 bits per heavy atom. The van der Waals surface area contributed by atoms with Crippen LogP contribution in [0, 0.1) is 0 Å². The normalized spacial score (nSPS) is 37.4. The summed E-state index contributed by atoms with van der Waals surface area (Å²) >= 11 is 0. The molecule has 1 fully saturated rings. The van der Waals surface area contributed by atoms with E-state index in [0.29, 0.717) is 6.04 Å². The van der Waals surface area contributed by atoms with Gasteiger partial charge in [0.25, 0.3) is 0 Å². The minimum Gasteiger partial charge on any atom is -0.392 e. The van der Waals surface area contributed by atoms with Crippen molar-refractivity contribution in [3.8, 4) is 0 Å². The van der Waals surface area contributed by atoms with Crippen molar-refractivity contribution >= 4 is 0 Å². The fourth-order valence-corrected chi connectivity index (χ4v) is 2.07. The highest BCUT2D eigenvalue weighted by Gasteiger charge is 2.35. The Morgan fingerprint density at radius 1 is 1.54 bits per heavy atom. The highest BCUT2D eigenvalue weighted by molar-refractivity contribution is 4.95. The largest absolute Gasteiger partial charge is 0.392 e. The van der Waals surface area contributed by atoms with Crippen LogP contribution in [0.25, 0.3) is 0 Å². The average molecular weight is 186 g/mol. The molecule has 3 nitrogen and oxygen atoms in total. The van der Waals surface area contributed by atoms with Gasteiger partial charge in [-0.05, 0) is 39.2 Å². The van der Waals surface area contributed by atoms with E-state index in [1.807, 2.05) is 0 Å². The lowest BCUT2D eigenvalue weighted by atomic mass is 9.77. The minimum atomic E-state index is -0.380. The van der Waals surface area contributed by atoms with Gasteiger partial charge in [0.2, 0.25) is 0 Å². The quantitative estimate of drug-likeness (QED) is 0.605. The summed E-state index contributed by atoms with van der Waals surface area (Å²) in [7, 11) is 0. The monoisotopic (exact) mass is 186 g/mol. The van der Waals surface area contributed by atoms with Gasteiger partial charge in [-0.3, -0.25) is 0 Å². The molecule has 0 amide bonds. The summed E-state index contributed by atoms with van der Waals surface area (Å²) in [6.45, 7) is 4.95. The van der Waals surface area contributed by atoms with Gasteiger partial charge in [-0.1, -0.05) is 6.92 Å². The smallest absolute Gasteiger partial charge is 0.0691 e. The molecule has 78 valence electrons. The molecule has 0 saturated heterocycles. The maximum atomic E-state index is 9.51. The lowest BCUT2D eigenvalue weighted by molar-refractivity contribution is 0.0673. The second-order valence-corrected chi connectivity index (χ2v) is 4.24. The summed E-state index contributed by atoms with van der Waals surface area (Å²) in [5, 5.41) is 12.9. The Bertz CT molecular complexity index is 151. The molecule has 1 aliphatic carbocycles. The Labute approximate surface area is 80.7 Å². The van der Waals surface area contributed by atoms with Crippen LogP contribution >= 0.6 is 0 Å². The summed E-state index contributed by atoms with van der Waals surface area (Å²) in [6, 6.07) is 0.612. The number of aliphatic hydroxyl groups is 1. The summed E-state index contributed by atoms with van der Waals surface area (Å²) in [6.07, 6.45) is 3.67. The van der Waals surface area contributed by atoms with E-state index in [2.05, 4.69) is 12.2 Å². The lowest BCUT2D eigenvalue weighted by Gasteiger charge is -2.39. The van der Waals surface area contributed by atoms with Crippen molar-refractivity contribution < 1.29 is 5.11 Å². The fraction of sp³-hybridized carbons (Fsp3) is 1.00. The van der Waals surface area contributed by atoms with Gasteiger partial charge < -0.3 is 16.2 Å². The standard InChI is InChI=1S/C10H22N2O/c1-3-12-9-4-6-10(11,7-5-9)8(2)13/h8-9,12-13H,3-7,11H2,1-2H3. The highest BCUT2D eigenvalue weighted by Crippen LogP contribution is 2.28. The van der Waals surface area contributed by atoms with E-state index in [4.69, 9.17) is 5.73 Å². The summed E-state index contributed by atoms with van der Waals surface area (Å²) in [5.41, 5.74) is 5.75. The van der Waals surface area contributed by atoms with Gasteiger partial charge in [-0.2, -0.15) is 0 Å². The Balaban J connectivity index is 2.37. The molecule has 1 unspecified atom stereocenters. The third-order valence-corrected chi connectivity index (χ3v) is 3.24. The van der Waals surface area contributed by atoms with Crippen molar-refractivity contribution in [2.45, 2.75) is 57.2 Å². The molecule has 3 heteroatoms. The maximum absolute atomic E-state index is 9.51. The van der Waals surface area contributed by atoms with E-state index in [9.17, 15) is 5.11 Å². The Hall–Kier alpha value is -0.120. The third-order valence-electron chi connectivity index (χ3n) is 3.24. The zero-order valence-electron chi connectivity index (χ0n) is 8.71. The van der Waals surface area contributed by atoms with Crippen LogP contribution < -0.4 is 11.1 Å². The molecule has 0 aliphatic heterocycles. The Kier molecular flexibility index (Phi) is 3.71. The molecule has 0 heterocycles. The molecule has 0 aromatic heterocycles. The van der Waals surface area contributed by atoms with Gasteiger partial charge in [0, 0.05) is 11.6 Å². The van der Waals surface area contributed by atoms with Crippen LogP contribution in [0.1, 0.15) is 39.5 Å². The molecule has 1 rings (SSSR count). The van der Waals surface area contributed by atoms with Crippen LogP contribution in [-0.2, 0) is 0 Å². The van der Waals surface area contributed by atoms with Crippen molar-refractivity contribution in [1.29, 1.82) is 0 Å². The molecule has 0 aromatic rings. The van der Waals surface area contributed by atoms with E-state index < -0.39 is 0 Å². The van der Waals surface area contributed by atoms with Crippen LogP contribution in [0.5, 0.6) is 0 Å². The van der Waals surface area contributed by atoms with E-state index in [1.54, 1.807) is 6.92 Å². The molecule has 1 aliphatic rings. The van der Waals surface area contributed by atoms with E-state index in [1.165, 1.54) is 0 Å². The predicted octanol–water partition coefficient (Wildman–Crippen LogP) is 0.617. The van der Waals surface area contributed by atoms with Gasteiger partial charge in [0.1, 0.15) is 0 Å². The minimum absolute atomic E-state index is 0.327. The molecule has 13 heavy (non-hydrogen) atoms. The second kappa shape index (κ2) is 4.40. The summed E-state index contributed by atoms with van der Waals surface area (Å²) in [4.78, 5) is 0. The van der Waals surface area contributed by atoms with Crippen LogP contribution in [0.4, 0.5) is 0 Å². The van der Waals surface area contributed by atoms with E-state index in [0.717, 1.165) is 32.2 Å². The second-order valence-electron chi connectivity index (χ2n) is 4.24. The van der Waals surface area contributed by atoms with Crippen molar-refractivity contribution in [2.75, 3.05) is 6.54 Å². The predicted molar refractivity (Wildman–Crippen MR) is 54.5 cm³/mol. The number of rotatable bonds is 3. The van der Waals surface area contributed by atoms with Crippen LogP contribution in [-0.4, -0.2) is 29.3 Å². The van der Waals surface area contributed by atoms with Gasteiger partial charge in [0.05, 0.1) is 6.10 Å². The SMILES string of the molecule is CCNC1CCC(N)(C(C)O)CC1. The molecule has 0 radical (unpaired) electrons. The number of hydrogen-bond donors (Lipinski definition) is 3. The van der Waals surface area contributed by atoms with Gasteiger partial charge in [-0.15, -0.1) is 0 Å². The molecule has 0 spiro atoms. The van der Waals surface area contributed by atoms with Crippen LogP contribution in [0.15, 0.2) is 0 Å². The zero-order chi connectivity index (χ0) is 9.90. The molecule has 4 N–H and O–H groups in total. The van der Waals surface area contributed by atoms with Crippen molar-refractivity contribution in [3.63, 3.8) is 0 Å². The first-order valence-electron chi connectivity index (χ1n) is 5.29. The summed E-state index contributed by atoms with van der Waals surface area (Å²) in [5.74, 6) is 0. The van der Waals surface area contributed by atoms with Gasteiger partial charge in [-0.25, -0.2) is 0 Å². The highest BCUT2D eigenvalue weighted by atomic mass is 16.3. The van der Waals surface area contributed by atoms with E-state index >= 15 is 0 Å². The van der Waals surface area contributed by atoms with Crippen LogP contribution in [0.3, 0.4) is 0 Å². The summed E-state index contributed by atoms with van der Waals surface area (Å²) < 4.78 is 0. The Morgan fingerprint density at radius 3 is 2.46 bits per heavy atom. The van der Waals surface area contributed by atoms with Crippen molar-refractivity contribution in [2.24, 2.45) is 5.73 Å². The van der Waals surface area contributed by atoms with E-state index in [-0.39, 0.29) is 11.6 Å². The number of nitrogens with one attached hydrogen (secondary N) is 1. The maximum Gasteiger partial charge on any atom is 0.0691 e. The third kappa shape index (κ3) is 2.66.